The van der Waals surface area contributed by atoms with Gasteiger partial charge in [0.1, 0.15) is 22.9 Å². The first kappa shape index (κ1) is 13.1. The number of aromatic nitrogens is 2. The summed E-state index contributed by atoms with van der Waals surface area (Å²) in [5, 5.41) is 4.31. The molecule has 1 N–H and O–H groups in total. The van der Waals surface area contributed by atoms with Crippen molar-refractivity contribution in [2.24, 2.45) is 0 Å². The van der Waals surface area contributed by atoms with E-state index in [-0.39, 0.29) is 0 Å². The Morgan fingerprint density at radius 1 is 1.23 bits per heavy atom. The molecule has 0 spiro atoms. The molecule has 2 aromatic heterocycles. The first-order chi connectivity index (χ1) is 10.8. The van der Waals surface area contributed by atoms with E-state index in [1.807, 2.05) is 31.2 Å². The second-order valence-electron chi connectivity index (χ2n) is 5.33. The number of nitrogens with one attached hydrogen (secondary N) is 1. The van der Waals surface area contributed by atoms with E-state index in [0.717, 1.165) is 52.6 Å². The number of hydrogen-bond acceptors (Lipinski definition) is 5. The van der Waals surface area contributed by atoms with Crippen LogP contribution in [0.5, 0.6) is 5.75 Å². The fourth-order valence-corrected chi connectivity index (χ4v) is 2.91. The summed E-state index contributed by atoms with van der Waals surface area (Å²) in [4.78, 5) is 9.15. The van der Waals surface area contributed by atoms with Gasteiger partial charge >= 0.3 is 0 Å². The van der Waals surface area contributed by atoms with E-state index in [9.17, 15) is 0 Å². The zero-order chi connectivity index (χ0) is 15.1. The largest absolute Gasteiger partial charge is 0.488 e. The van der Waals surface area contributed by atoms with Crippen LogP contribution in [-0.2, 0) is 6.42 Å². The lowest BCUT2D eigenvalue weighted by Gasteiger charge is -2.11. The fourth-order valence-electron chi connectivity index (χ4n) is 2.91. The number of para-hydroxylation sites is 1. The van der Waals surface area contributed by atoms with Crippen LogP contribution in [0, 0.1) is 6.92 Å². The maximum Gasteiger partial charge on any atom is 0.196 e. The Hall–Kier alpha value is -2.56. The molecule has 0 radical (unpaired) electrons. The van der Waals surface area contributed by atoms with Crippen LogP contribution in [0.2, 0.25) is 0 Å². The van der Waals surface area contributed by atoms with Crippen molar-refractivity contribution in [2.45, 2.75) is 20.3 Å². The molecular weight excluding hydrogens is 278 g/mol. The molecule has 1 aliphatic rings. The number of ether oxygens (including phenoxy) is 1. The van der Waals surface area contributed by atoms with Gasteiger partial charge < -0.3 is 14.5 Å². The van der Waals surface area contributed by atoms with Crippen LogP contribution >= 0.6 is 0 Å². The molecule has 0 saturated heterocycles. The molecule has 0 unspecified atom stereocenters. The van der Waals surface area contributed by atoms with Crippen molar-refractivity contribution in [2.75, 3.05) is 18.5 Å². The molecule has 5 heteroatoms. The fraction of sp³-hybridized carbons (Fsp3) is 0.294. The van der Waals surface area contributed by atoms with Gasteiger partial charge in [-0.15, -0.1) is 0 Å². The molecular formula is C17H17N3O2. The van der Waals surface area contributed by atoms with Gasteiger partial charge in [0, 0.05) is 18.5 Å². The molecule has 112 valence electrons. The Bertz CT molecular complexity index is 854. The van der Waals surface area contributed by atoms with Crippen LogP contribution in [0.3, 0.4) is 0 Å². The zero-order valence-corrected chi connectivity index (χ0v) is 12.6. The van der Waals surface area contributed by atoms with Gasteiger partial charge in [-0.2, -0.15) is 0 Å². The standard InChI is InChI=1S/C17H17N3O2/c1-3-18-17-12-8-9-21-15-11-6-4-5-7-13(11)22-16(15)14(12)19-10(2)20-17/h4-7H,3,8-9H2,1-2H3,(H,18,19,20). The normalized spacial score (nSPS) is 13.2. The smallest absolute Gasteiger partial charge is 0.196 e. The van der Waals surface area contributed by atoms with E-state index < -0.39 is 0 Å². The second-order valence-corrected chi connectivity index (χ2v) is 5.33. The third kappa shape index (κ3) is 1.93. The summed E-state index contributed by atoms with van der Waals surface area (Å²) in [7, 11) is 0. The lowest BCUT2D eigenvalue weighted by atomic mass is 10.1. The van der Waals surface area contributed by atoms with E-state index in [2.05, 4.69) is 22.2 Å². The topological polar surface area (TPSA) is 60.2 Å². The highest BCUT2D eigenvalue weighted by atomic mass is 16.5. The van der Waals surface area contributed by atoms with Crippen molar-refractivity contribution in [3.05, 3.63) is 35.7 Å². The molecule has 0 fully saturated rings. The molecule has 22 heavy (non-hydrogen) atoms. The van der Waals surface area contributed by atoms with Crippen LogP contribution in [-0.4, -0.2) is 23.1 Å². The number of rotatable bonds is 2. The lowest BCUT2D eigenvalue weighted by molar-refractivity contribution is 0.327. The molecule has 0 amide bonds. The molecule has 0 bridgehead atoms. The Labute approximate surface area is 128 Å². The molecule has 3 aromatic rings. The van der Waals surface area contributed by atoms with E-state index >= 15 is 0 Å². The molecule has 1 aromatic carbocycles. The van der Waals surface area contributed by atoms with E-state index in [0.29, 0.717) is 12.4 Å². The monoisotopic (exact) mass is 295 g/mol. The third-order valence-electron chi connectivity index (χ3n) is 3.83. The van der Waals surface area contributed by atoms with Crippen molar-refractivity contribution in [1.29, 1.82) is 0 Å². The van der Waals surface area contributed by atoms with Crippen molar-refractivity contribution in [1.82, 2.24) is 9.97 Å². The van der Waals surface area contributed by atoms with Crippen LogP contribution in [0.4, 0.5) is 5.82 Å². The zero-order valence-electron chi connectivity index (χ0n) is 12.6. The van der Waals surface area contributed by atoms with E-state index in [1.54, 1.807) is 0 Å². The lowest BCUT2D eigenvalue weighted by Crippen LogP contribution is -2.09. The van der Waals surface area contributed by atoms with Crippen molar-refractivity contribution >= 4 is 16.8 Å². The highest BCUT2D eigenvalue weighted by Gasteiger charge is 2.26. The Kier molecular flexibility index (Phi) is 2.99. The summed E-state index contributed by atoms with van der Waals surface area (Å²) in [5.74, 6) is 3.10. The Morgan fingerprint density at radius 2 is 2.09 bits per heavy atom. The SMILES string of the molecule is CCNc1nc(C)nc2c1CCOc1c-2oc2ccccc12. The quantitative estimate of drug-likeness (QED) is 0.783. The number of hydrogen-bond donors (Lipinski definition) is 1. The summed E-state index contributed by atoms with van der Waals surface area (Å²) < 4.78 is 12.0. The van der Waals surface area contributed by atoms with Crippen LogP contribution in [0.25, 0.3) is 22.4 Å². The average Bonchev–Trinajstić information content (AvgIpc) is 2.78. The molecule has 3 heterocycles. The average molecular weight is 295 g/mol. The summed E-state index contributed by atoms with van der Waals surface area (Å²) >= 11 is 0. The van der Waals surface area contributed by atoms with Crippen molar-refractivity contribution in [3.63, 3.8) is 0 Å². The maximum atomic E-state index is 6.04. The maximum absolute atomic E-state index is 6.04. The number of fused-ring (bicyclic) bond motifs is 5. The predicted octanol–water partition coefficient (Wildman–Crippen LogP) is 3.56. The minimum absolute atomic E-state index is 0.592. The number of nitrogens with zero attached hydrogens (tertiary/aromatic N) is 2. The van der Waals surface area contributed by atoms with Gasteiger partial charge in [-0.05, 0) is 26.0 Å². The number of benzene rings is 1. The molecule has 5 nitrogen and oxygen atoms in total. The molecule has 4 rings (SSSR count). The molecule has 1 aliphatic heterocycles. The highest BCUT2D eigenvalue weighted by Crippen LogP contribution is 2.43. The first-order valence-electron chi connectivity index (χ1n) is 7.54. The first-order valence-corrected chi connectivity index (χ1v) is 7.54. The van der Waals surface area contributed by atoms with Crippen LogP contribution < -0.4 is 10.1 Å². The van der Waals surface area contributed by atoms with Gasteiger partial charge in [-0.3, -0.25) is 0 Å². The van der Waals surface area contributed by atoms with Gasteiger partial charge in [0.2, 0.25) is 0 Å². The van der Waals surface area contributed by atoms with E-state index in [4.69, 9.17) is 9.15 Å². The minimum Gasteiger partial charge on any atom is -0.488 e. The second kappa shape index (κ2) is 5.02. The third-order valence-corrected chi connectivity index (χ3v) is 3.83. The number of furan rings is 1. The summed E-state index contributed by atoms with van der Waals surface area (Å²) in [6, 6.07) is 7.91. The van der Waals surface area contributed by atoms with Gasteiger partial charge in [-0.1, -0.05) is 12.1 Å². The highest BCUT2D eigenvalue weighted by molar-refractivity contribution is 5.92. The van der Waals surface area contributed by atoms with Crippen LogP contribution in [0.1, 0.15) is 18.3 Å². The molecule has 0 saturated carbocycles. The summed E-state index contributed by atoms with van der Waals surface area (Å²) in [6.07, 6.45) is 0.760. The minimum atomic E-state index is 0.592. The van der Waals surface area contributed by atoms with Crippen LogP contribution in [0.15, 0.2) is 28.7 Å². The molecule has 0 atom stereocenters. The number of anilines is 1. The number of aryl methyl sites for hydroxylation is 1. The Balaban J connectivity index is 2.01. The summed E-state index contributed by atoms with van der Waals surface area (Å²) in [6.45, 7) is 5.37. The molecule has 0 aliphatic carbocycles. The van der Waals surface area contributed by atoms with Gasteiger partial charge in [0.25, 0.3) is 0 Å². The van der Waals surface area contributed by atoms with Gasteiger partial charge in [0.05, 0.1) is 12.0 Å². The Morgan fingerprint density at radius 3 is 2.95 bits per heavy atom. The van der Waals surface area contributed by atoms with E-state index in [1.165, 1.54) is 0 Å². The summed E-state index contributed by atoms with van der Waals surface area (Å²) in [5.41, 5.74) is 2.72. The van der Waals surface area contributed by atoms with Crippen molar-refractivity contribution in [3.8, 4) is 17.2 Å². The predicted molar refractivity (Wildman–Crippen MR) is 85.3 cm³/mol. The van der Waals surface area contributed by atoms with Gasteiger partial charge in [0.15, 0.2) is 11.5 Å². The van der Waals surface area contributed by atoms with Crippen molar-refractivity contribution < 1.29 is 9.15 Å². The van der Waals surface area contributed by atoms with Gasteiger partial charge in [-0.25, -0.2) is 9.97 Å².